The van der Waals surface area contributed by atoms with Crippen molar-refractivity contribution < 1.29 is 0 Å². The van der Waals surface area contributed by atoms with Crippen molar-refractivity contribution in [3.05, 3.63) is 127 Å². The summed E-state index contributed by atoms with van der Waals surface area (Å²) in [6, 6.07) is 43.2. The number of hydrogen-bond acceptors (Lipinski definition) is 5. The van der Waals surface area contributed by atoms with E-state index < -0.39 is 0 Å². The quantitative estimate of drug-likeness (QED) is 0.228. The molecule has 0 amide bonds. The van der Waals surface area contributed by atoms with Gasteiger partial charge in [0.1, 0.15) is 5.01 Å². The van der Waals surface area contributed by atoms with Crippen LogP contribution in [0.3, 0.4) is 0 Å². The lowest BCUT2D eigenvalue weighted by atomic mass is 10.1. The Morgan fingerprint density at radius 2 is 1.05 bits per heavy atom. The van der Waals surface area contributed by atoms with Crippen LogP contribution in [0.15, 0.2) is 127 Å². The number of nitrogens with zero attached hydrogens (tertiary/aromatic N) is 5. The van der Waals surface area contributed by atoms with Crippen LogP contribution < -0.4 is 0 Å². The maximum absolute atomic E-state index is 5.07. The van der Waals surface area contributed by atoms with E-state index in [4.69, 9.17) is 19.9 Å². The molecule has 0 aliphatic heterocycles. The van der Waals surface area contributed by atoms with Gasteiger partial charge in [0, 0.05) is 27.5 Å². The third-order valence-electron chi connectivity index (χ3n) is 7.10. The molecule has 0 fully saturated rings. The van der Waals surface area contributed by atoms with Gasteiger partial charge in [-0.2, -0.15) is 9.97 Å². The predicted molar refractivity (Wildman–Crippen MR) is 164 cm³/mol. The van der Waals surface area contributed by atoms with Crippen LogP contribution in [0.2, 0.25) is 0 Å². The van der Waals surface area contributed by atoms with Gasteiger partial charge in [0.2, 0.25) is 5.95 Å². The first kappa shape index (κ1) is 22.8. The minimum Gasteiger partial charge on any atom is -0.276 e. The highest BCUT2D eigenvalue weighted by Gasteiger charge is 2.21. The van der Waals surface area contributed by atoms with Crippen molar-refractivity contribution in [1.82, 2.24) is 24.5 Å². The minimum atomic E-state index is 0.584. The second kappa shape index (κ2) is 9.22. The molecular weight excluding hydrogens is 510 g/mol. The molecule has 5 nitrogen and oxygen atoms in total. The fourth-order valence-electron chi connectivity index (χ4n) is 5.24. The number of aromatic nitrogens is 5. The number of benzene rings is 5. The van der Waals surface area contributed by atoms with E-state index in [1.807, 2.05) is 66.7 Å². The highest BCUT2D eigenvalue weighted by Crippen LogP contribution is 2.40. The first-order valence-electron chi connectivity index (χ1n) is 13.1. The molecule has 5 aromatic carbocycles. The van der Waals surface area contributed by atoms with Crippen molar-refractivity contribution in [1.29, 1.82) is 0 Å². The van der Waals surface area contributed by atoms with E-state index >= 15 is 0 Å². The zero-order valence-electron chi connectivity index (χ0n) is 21.3. The summed E-state index contributed by atoms with van der Waals surface area (Å²) in [5.41, 5.74) is 6.06. The molecule has 40 heavy (non-hydrogen) atoms. The van der Waals surface area contributed by atoms with Crippen molar-refractivity contribution in [3.8, 4) is 39.3 Å². The number of para-hydroxylation sites is 1. The molecule has 0 aliphatic carbocycles. The molecule has 0 N–H and O–H groups in total. The van der Waals surface area contributed by atoms with Crippen LogP contribution in [-0.4, -0.2) is 24.5 Å². The van der Waals surface area contributed by atoms with Gasteiger partial charge in [-0.1, -0.05) is 109 Å². The van der Waals surface area contributed by atoms with E-state index in [0.717, 1.165) is 53.7 Å². The summed E-state index contributed by atoms with van der Waals surface area (Å²) in [6.07, 6.45) is 0. The van der Waals surface area contributed by atoms with Crippen molar-refractivity contribution in [2.24, 2.45) is 0 Å². The standard InChI is InChI=1S/C34H21N5S/c1-4-12-22(13-5-1)31-36-32(23-14-6-2-7-15-23)38-34(37-31)39-28-19-11-10-18-25(28)26-20-21-27-30(29(26)39)40-33(35-27)24-16-8-3-9-17-24/h1-21H. The molecule has 3 aromatic heterocycles. The van der Waals surface area contributed by atoms with E-state index in [1.165, 1.54) is 0 Å². The molecule has 8 rings (SSSR count). The molecule has 0 unspecified atom stereocenters. The van der Waals surface area contributed by atoms with Crippen LogP contribution in [0.4, 0.5) is 0 Å². The highest BCUT2D eigenvalue weighted by atomic mass is 32.1. The topological polar surface area (TPSA) is 56.5 Å². The highest BCUT2D eigenvalue weighted by molar-refractivity contribution is 7.22. The Hall–Kier alpha value is -5.20. The van der Waals surface area contributed by atoms with Crippen LogP contribution >= 0.6 is 11.3 Å². The van der Waals surface area contributed by atoms with E-state index in [9.17, 15) is 0 Å². The summed E-state index contributed by atoms with van der Waals surface area (Å²) in [5.74, 6) is 1.86. The zero-order chi connectivity index (χ0) is 26.5. The molecule has 0 radical (unpaired) electrons. The lowest BCUT2D eigenvalue weighted by Crippen LogP contribution is -2.06. The summed E-state index contributed by atoms with van der Waals surface area (Å²) in [6.45, 7) is 0. The van der Waals surface area contributed by atoms with Gasteiger partial charge in [0.25, 0.3) is 0 Å². The summed E-state index contributed by atoms with van der Waals surface area (Å²) in [7, 11) is 0. The minimum absolute atomic E-state index is 0.584. The molecule has 3 heterocycles. The van der Waals surface area contributed by atoms with Gasteiger partial charge < -0.3 is 0 Å². The van der Waals surface area contributed by atoms with Gasteiger partial charge in [-0.05, 0) is 18.2 Å². The first-order chi connectivity index (χ1) is 19.8. The van der Waals surface area contributed by atoms with Gasteiger partial charge in [-0.3, -0.25) is 4.57 Å². The second-order valence-electron chi connectivity index (χ2n) is 9.56. The number of rotatable bonds is 4. The van der Waals surface area contributed by atoms with Crippen LogP contribution in [0, 0.1) is 0 Å². The molecule has 188 valence electrons. The first-order valence-corrected chi connectivity index (χ1v) is 13.9. The SMILES string of the molecule is c1ccc(-c2nc(-c3ccccc3)nc(-n3c4ccccc4c4ccc5nc(-c6ccccc6)sc5c43)n2)cc1. The van der Waals surface area contributed by atoms with E-state index in [0.29, 0.717) is 17.6 Å². The van der Waals surface area contributed by atoms with Crippen molar-refractivity contribution in [3.63, 3.8) is 0 Å². The predicted octanol–water partition coefficient (Wildman–Crippen LogP) is 8.58. The van der Waals surface area contributed by atoms with Crippen molar-refractivity contribution in [2.45, 2.75) is 0 Å². The smallest absolute Gasteiger partial charge is 0.238 e. The van der Waals surface area contributed by atoms with Crippen LogP contribution in [0.25, 0.3) is 71.3 Å². The van der Waals surface area contributed by atoms with Gasteiger partial charge >= 0.3 is 0 Å². The normalized spacial score (nSPS) is 11.5. The Balaban J connectivity index is 1.47. The fourth-order valence-corrected chi connectivity index (χ4v) is 6.35. The molecule has 6 heteroatoms. The van der Waals surface area contributed by atoms with Gasteiger partial charge in [-0.15, -0.1) is 11.3 Å². The van der Waals surface area contributed by atoms with Gasteiger partial charge in [-0.25, -0.2) is 9.97 Å². The average molecular weight is 532 g/mol. The average Bonchev–Trinajstić information content (AvgIpc) is 3.62. The Morgan fingerprint density at radius 1 is 0.475 bits per heavy atom. The Labute approximate surface area is 234 Å². The van der Waals surface area contributed by atoms with E-state index in [1.54, 1.807) is 11.3 Å². The van der Waals surface area contributed by atoms with E-state index in [2.05, 4.69) is 65.2 Å². The monoisotopic (exact) mass is 531 g/mol. The molecule has 0 aliphatic rings. The molecular formula is C34H21N5S. The van der Waals surface area contributed by atoms with E-state index in [-0.39, 0.29) is 0 Å². The van der Waals surface area contributed by atoms with Crippen molar-refractivity contribution in [2.75, 3.05) is 0 Å². The molecule has 0 bridgehead atoms. The molecule has 0 saturated carbocycles. The maximum Gasteiger partial charge on any atom is 0.238 e. The molecule has 0 saturated heterocycles. The van der Waals surface area contributed by atoms with Gasteiger partial charge in [0.15, 0.2) is 11.6 Å². The third kappa shape index (κ3) is 3.69. The summed E-state index contributed by atoms with van der Waals surface area (Å²) >= 11 is 1.70. The lowest BCUT2D eigenvalue weighted by Gasteiger charge is -2.11. The third-order valence-corrected chi connectivity index (χ3v) is 8.23. The van der Waals surface area contributed by atoms with Gasteiger partial charge in [0.05, 0.1) is 21.3 Å². The number of fused-ring (bicyclic) bond motifs is 5. The van der Waals surface area contributed by atoms with Crippen LogP contribution in [-0.2, 0) is 0 Å². The number of hydrogen-bond donors (Lipinski definition) is 0. The van der Waals surface area contributed by atoms with Crippen LogP contribution in [0.5, 0.6) is 0 Å². The zero-order valence-corrected chi connectivity index (χ0v) is 22.1. The van der Waals surface area contributed by atoms with Crippen LogP contribution in [0.1, 0.15) is 0 Å². The summed E-state index contributed by atoms with van der Waals surface area (Å²) < 4.78 is 3.29. The Bertz CT molecular complexity index is 2090. The largest absolute Gasteiger partial charge is 0.276 e. The van der Waals surface area contributed by atoms with Crippen molar-refractivity contribution >= 4 is 43.4 Å². The number of thiazole rings is 1. The molecule has 0 atom stereocenters. The maximum atomic E-state index is 5.07. The Morgan fingerprint density at radius 3 is 1.70 bits per heavy atom. The summed E-state index contributed by atoms with van der Waals surface area (Å²) in [5, 5.41) is 3.29. The fraction of sp³-hybridized carbons (Fsp3) is 0. The lowest BCUT2D eigenvalue weighted by molar-refractivity contribution is 0.955. The Kier molecular flexibility index (Phi) is 5.24. The molecule has 0 spiro atoms. The second-order valence-corrected chi connectivity index (χ2v) is 10.6. The molecule has 8 aromatic rings. The summed E-state index contributed by atoms with van der Waals surface area (Å²) in [4.78, 5) is 20.1.